The monoisotopic (exact) mass is 139 g/mol. The molecule has 1 saturated carbocycles. The van der Waals surface area contributed by atoms with Gasteiger partial charge in [-0.2, -0.15) is 0 Å². The standard InChI is InChI=1S/C7H13N.C2H4/c1-7(2)4-6(7)5-8-3;1-2/h5-6H,4H2,1-3H3;1-2H2/t6-;/m1./s1. The maximum absolute atomic E-state index is 3.97. The summed E-state index contributed by atoms with van der Waals surface area (Å²) in [4.78, 5) is 3.97. The van der Waals surface area contributed by atoms with E-state index >= 15 is 0 Å². The van der Waals surface area contributed by atoms with Crippen LogP contribution < -0.4 is 0 Å². The summed E-state index contributed by atoms with van der Waals surface area (Å²) in [6, 6.07) is 0. The zero-order valence-corrected chi connectivity index (χ0v) is 7.22. The van der Waals surface area contributed by atoms with Crippen molar-refractivity contribution < 1.29 is 0 Å². The van der Waals surface area contributed by atoms with Crippen LogP contribution in [0.1, 0.15) is 20.3 Å². The number of aliphatic imine (C=N–C) groups is 1. The molecule has 1 atom stereocenters. The van der Waals surface area contributed by atoms with Gasteiger partial charge in [-0.25, -0.2) is 0 Å². The Kier molecular flexibility index (Phi) is 3.34. The lowest BCUT2D eigenvalue weighted by Gasteiger charge is -1.93. The van der Waals surface area contributed by atoms with E-state index in [1.807, 2.05) is 7.05 Å². The molecule has 0 amide bonds. The van der Waals surface area contributed by atoms with Crippen molar-refractivity contribution in [3.63, 3.8) is 0 Å². The van der Waals surface area contributed by atoms with E-state index in [1.165, 1.54) is 6.42 Å². The van der Waals surface area contributed by atoms with Gasteiger partial charge in [0.05, 0.1) is 0 Å². The molecule has 0 bridgehead atoms. The molecule has 58 valence electrons. The molecule has 0 aliphatic heterocycles. The van der Waals surface area contributed by atoms with Crippen LogP contribution in [0.2, 0.25) is 0 Å². The van der Waals surface area contributed by atoms with Crippen LogP contribution in [-0.2, 0) is 0 Å². The number of nitrogens with zero attached hydrogens (tertiary/aromatic N) is 1. The molecular formula is C9H17N. The largest absolute Gasteiger partial charge is 0.301 e. The highest BCUT2D eigenvalue weighted by Gasteiger charge is 2.43. The molecule has 0 N–H and O–H groups in total. The van der Waals surface area contributed by atoms with Gasteiger partial charge in [0.1, 0.15) is 0 Å². The van der Waals surface area contributed by atoms with Gasteiger partial charge in [0.2, 0.25) is 0 Å². The number of hydrogen-bond acceptors (Lipinski definition) is 1. The van der Waals surface area contributed by atoms with Gasteiger partial charge in [-0.3, -0.25) is 0 Å². The smallest absolute Gasteiger partial charge is 0.0273 e. The first-order valence-corrected chi connectivity index (χ1v) is 3.59. The van der Waals surface area contributed by atoms with Crippen molar-refractivity contribution in [2.75, 3.05) is 7.05 Å². The lowest BCUT2D eigenvalue weighted by molar-refractivity contribution is 0.625. The summed E-state index contributed by atoms with van der Waals surface area (Å²) >= 11 is 0. The molecule has 10 heavy (non-hydrogen) atoms. The van der Waals surface area contributed by atoms with Gasteiger partial charge in [-0.1, -0.05) is 13.8 Å². The summed E-state index contributed by atoms with van der Waals surface area (Å²) in [5.41, 5.74) is 0.569. The second-order valence-corrected chi connectivity index (χ2v) is 3.21. The molecule has 1 heteroatoms. The highest BCUT2D eigenvalue weighted by atomic mass is 14.7. The molecule has 0 saturated heterocycles. The fourth-order valence-corrected chi connectivity index (χ4v) is 0.942. The topological polar surface area (TPSA) is 12.4 Å². The Hall–Kier alpha value is -0.590. The predicted molar refractivity (Wildman–Crippen MR) is 47.6 cm³/mol. The Morgan fingerprint density at radius 1 is 1.50 bits per heavy atom. The second kappa shape index (κ2) is 3.55. The van der Waals surface area contributed by atoms with E-state index in [2.05, 4.69) is 38.2 Å². The molecule has 0 aromatic rings. The molecule has 1 aliphatic carbocycles. The van der Waals surface area contributed by atoms with Crippen molar-refractivity contribution in [3.8, 4) is 0 Å². The minimum atomic E-state index is 0.569. The van der Waals surface area contributed by atoms with Crippen LogP contribution >= 0.6 is 0 Å². The van der Waals surface area contributed by atoms with Crippen LogP contribution in [0.15, 0.2) is 18.2 Å². The highest BCUT2D eigenvalue weighted by Crippen LogP contribution is 2.50. The summed E-state index contributed by atoms with van der Waals surface area (Å²) in [5, 5.41) is 0. The predicted octanol–water partition coefficient (Wildman–Crippen LogP) is 2.54. The van der Waals surface area contributed by atoms with Gasteiger partial charge >= 0.3 is 0 Å². The van der Waals surface area contributed by atoms with Gasteiger partial charge in [-0.05, 0) is 17.8 Å². The average Bonchev–Trinajstić information content (AvgIpc) is 2.46. The van der Waals surface area contributed by atoms with Gasteiger partial charge < -0.3 is 4.99 Å². The first kappa shape index (κ1) is 9.41. The van der Waals surface area contributed by atoms with Crippen LogP contribution in [0.4, 0.5) is 0 Å². The van der Waals surface area contributed by atoms with E-state index in [0.29, 0.717) is 5.41 Å². The SMILES string of the molecule is C=C.CN=C[C@H]1CC1(C)C. The molecule has 0 aromatic carbocycles. The Balaban J connectivity index is 0.000000371. The maximum atomic E-state index is 3.97. The Labute approximate surface area is 63.9 Å². The third kappa shape index (κ3) is 2.34. The van der Waals surface area contributed by atoms with E-state index in [4.69, 9.17) is 0 Å². The normalized spacial score (nSPS) is 27.3. The molecule has 0 unspecified atom stereocenters. The van der Waals surface area contributed by atoms with Crippen molar-refractivity contribution >= 4 is 6.21 Å². The molecule has 0 radical (unpaired) electrons. The second-order valence-electron chi connectivity index (χ2n) is 3.21. The minimum absolute atomic E-state index is 0.569. The molecular weight excluding hydrogens is 122 g/mol. The Morgan fingerprint density at radius 2 is 1.90 bits per heavy atom. The van der Waals surface area contributed by atoms with Crippen LogP contribution in [0.5, 0.6) is 0 Å². The summed E-state index contributed by atoms with van der Waals surface area (Å²) in [5.74, 6) is 0.771. The van der Waals surface area contributed by atoms with Crippen molar-refractivity contribution in [1.82, 2.24) is 0 Å². The van der Waals surface area contributed by atoms with E-state index in [0.717, 1.165) is 5.92 Å². The quantitative estimate of drug-likeness (QED) is 0.391. The van der Waals surface area contributed by atoms with E-state index < -0.39 is 0 Å². The molecule has 1 rings (SSSR count). The van der Waals surface area contributed by atoms with Crippen molar-refractivity contribution in [2.45, 2.75) is 20.3 Å². The zero-order valence-electron chi connectivity index (χ0n) is 7.22. The third-order valence-electron chi connectivity index (χ3n) is 1.92. The van der Waals surface area contributed by atoms with Gasteiger partial charge in [0, 0.05) is 13.3 Å². The fourth-order valence-electron chi connectivity index (χ4n) is 0.942. The molecule has 0 heterocycles. The van der Waals surface area contributed by atoms with Crippen LogP contribution in [0.25, 0.3) is 0 Å². The zero-order chi connectivity index (χ0) is 8.20. The summed E-state index contributed by atoms with van der Waals surface area (Å²) < 4.78 is 0. The van der Waals surface area contributed by atoms with Crippen LogP contribution in [0, 0.1) is 11.3 Å². The number of rotatable bonds is 1. The van der Waals surface area contributed by atoms with E-state index in [1.54, 1.807) is 0 Å². The summed E-state index contributed by atoms with van der Waals surface area (Å²) in [6.45, 7) is 10.6. The Morgan fingerprint density at radius 3 is 2.00 bits per heavy atom. The third-order valence-corrected chi connectivity index (χ3v) is 1.92. The molecule has 1 nitrogen and oxygen atoms in total. The molecule has 0 aromatic heterocycles. The first-order chi connectivity index (χ1) is 4.67. The van der Waals surface area contributed by atoms with E-state index in [-0.39, 0.29) is 0 Å². The highest BCUT2D eigenvalue weighted by molar-refractivity contribution is 5.65. The van der Waals surface area contributed by atoms with Crippen LogP contribution in [-0.4, -0.2) is 13.3 Å². The molecule has 1 fully saturated rings. The van der Waals surface area contributed by atoms with Gasteiger partial charge in [0.15, 0.2) is 0 Å². The molecule has 0 spiro atoms. The average molecular weight is 139 g/mol. The van der Waals surface area contributed by atoms with Crippen molar-refractivity contribution in [2.24, 2.45) is 16.3 Å². The van der Waals surface area contributed by atoms with Gasteiger partial charge in [0.25, 0.3) is 0 Å². The van der Waals surface area contributed by atoms with Crippen molar-refractivity contribution in [1.29, 1.82) is 0 Å². The van der Waals surface area contributed by atoms with Crippen molar-refractivity contribution in [3.05, 3.63) is 13.2 Å². The number of hydrogen-bond donors (Lipinski definition) is 0. The fraction of sp³-hybridized carbons (Fsp3) is 0.667. The lowest BCUT2D eigenvalue weighted by Crippen LogP contribution is -1.89. The molecule has 1 aliphatic rings. The summed E-state index contributed by atoms with van der Waals surface area (Å²) in [6.07, 6.45) is 3.38. The summed E-state index contributed by atoms with van der Waals surface area (Å²) in [7, 11) is 1.84. The van der Waals surface area contributed by atoms with Crippen LogP contribution in [0.3, 0.4) is 0 Å². The minimum Gasteiger partial charge on any atom is -0.301 e. The lowest BCUT2D eigenvalue weighted by atomic mass is 10.1. The van der Waals surface area contributed by atoms with E-state index in [9.17, 15) is 0 Å². The first-order valence-electron chi connectivity index (χ1n) is 3.59. The van der Waals surface area contributed by atoms with Gasteiger partial charge in [-0.15, -0.1) is 13.2 Å². The Bertz CT molecular complexity index is 125. The maximum Gasteiger partial charge on any atom is 0.0273 e.